The second-order valence-corrected chi connectivity index (χ2v) is 7.39. The first kappa shape index (κ1) is 19.5. The maximum absolute atomic E-state index is 12.4. The van der Waals surface area contributed by atoms with Crippen LogP contribution in [0.15, 0.2) is 36.4 Å². The van der Waals surface area contributed by atoms with E-state index < -0.39 is 0 Å². The van der Waals surface area contributed by atoms with E-state index in [9.17, 15) is 14.7 Å². The molecular formula is C24H28O3. The van der Waals surface area contributed by atoms with Crippen LogP contribution in [0.2, 0.25) is 0 Å². The van der Waals surface area contributed by atoms with Crippen molar-refractivity contribution < 1.29 is 14.7 Å². The van der Waals surface area contributed by atoms with Crippen molar-refractivity contribution in [1.82, 2.24) is 0 Å². The van der Waals surface area contributed by atoms with Gasteiger partial charge in [-0.3, -0.25) is 9.59 Å². The molecular weight excluding hydrogens is 336 g/mol. The SMILES string of the molecule is CCCCC(=O)c1ccc2c(c1)C(CO)c1cc(C(=O)CCCC)ccc1-2. The zero-order chi connectivity index (χ0) is 19.4. The molecule has 3 nitrogen and oxygen atoms in total. The summed E-state index contributed by atoms with van der Waals surface area (Å²) in [5, 5.41) is 10.0. The normalized spacial score (nSPS) is 12.7. The zero-order valence-corrected chi connectivity index (χ0v) is 16.3. The van der Waals surface area contributed by atoms with Crippen molar-refractivity contribution in [3.05, 3.63) is 58.7 Å². The highest BCUT2D eigenvalue weighted by Crippen LogP contribution is 2.45. The summed E-state index contributed by atoms with van der Waals surface area (Å²) in [5.41, 5.74) is 5.54. The first-order valence-electron chi connectivity index (χ1n) is 10.1. The summed E-state index contributed by atoms with van der Waals surface area (Å²) >= 11 is 0. The fourth-order valence-corrected chi connectivity index (χ4v) is 3.87. The Balaban J connectivity index is 1.94. The first-order chi connectivity index (χ1) is 13.1. The molecule has 1 aliphatic rings. The third kappa shape index (κ3) is 3.89. The van der Waals surface area contributed by atoms with Gasteiger partial charge in [0, 0.05) is 29.9 Å². The lowest BCUT2D eigenvalue weighted by molar-refractivity contribution is 0.0972. The second kappa shape index (κ2) is 8.62. The number of Topliss-reactive ketones (excluding diaryl/α,β-unsaturated/α-hetero) is 2. The van der Waals surface area contributed by atoms with Gasteiger partial charge in [0.05, 0.1) is 6.61 Å². The van der Waals surface area contributed by atoms with Crippen molar-refractivity contribution >= 4 is 11.6 Å². The van der Waals surface area contributed by atoms with E-state index in [2.05, 4.69) is 13.8 Å². The van der Waals surface area contributed by atoms with Gasteiger partial charge >= 0.3 is 0 Å². The molecule has 1 aliphatic carbocycles. The first-order valence-corrected chi connectivity index (χ1v) is 10.1. The van der Waals surface area contributed by atoms with Gasteiger partial charge in [0.1, 0.15) is 0 Å². The Hall–Kier alpha value is -2.26. The molecule has 0 saturated carbocycles. The monoisotopic (exact) mass is 364 g/mol. The van der Waals surface area contributed by atoms with Crippen LogP contribution in [0.25, 0.3) is 11.1 Å². The minimum Gasteiger partial charge on any atom is -0.395 e. The van der Waals surface area contributed by atoms with Gasteiger partial charge in [0.2, 0.25) is 0 Å². The third-order valence-corrected chi connectivity index (χ3v) is 5.49. The number of aliphatic hydroxyl groups is 1. The van der Waals surface area contributed by atoms with Crippen LogP contribution in [0.5, 0.6) is 0 Å². The number of rotatable bonds is 9. The van der Waals surface area contributed by atoms with Gasteiger partial charge in [-0.2, -0.15) is 0 Å². The van der Waals surface area contributed by atoms with Crippen LogP contribution in [-0.2, 0) is 0 Å². The molecule has 0 bridgehead atoms. The molecule has 1 N–H and O–H groups in total. The lowest BCUT2D eigenvalue weighted by Gasteiger charge is -2.12. The summed E-state index contributed by atoms with van der Waals surface area (Å²) in [4.78, 5) is 24.8. The van der Waals surface area contributed by atoms with Crippen LogP contribution in [0.1, 0.15) is 90.1 Å². The smallest absolute Gasteiger partial charge is 0.162 e. The van der Waals surface area contributed by atoms with Crippen LogP contribution in [0.3, 0.4) is 0 Å². The van der Waals surface area contributed by atoms with Gasteiger partial charge < -0.3 is 5.11 Å². The molecule has 0 unspecified atom stereocenters. The van der Waals surface area contributed by atoms with Crippen LogP contribution < -0.4 is 0 Å². The molecule has 0 fully saturated rings. The number of fused-ring (bicyclic) bond motifs is 3. The molecule has 0 radical (unpaired) electrons. The fourth-order valence-electron chi connectivity index (χ4n) is 3.87. The summed E-state index contributed by atoms with van der Waals surface area (Å²) in [5.74, 6) is 0.137. The van der Waals surface area contributed by atoms with Gasteiger partial charge in [0.15, 0.2) is 11.6 Å². The van der Waals surface area contributed by atoms with E-state index in [0.717, 1.165) is 47.9 Å². The number of hydrogen-bond acceptors (Lipinski definition) is 3. The molecule has 0 atom stereocenters. The quantitative estimate of drug-likeness (QED) is 0.595. The van der Waals surface area contributed by atoms with E-state index in [4.69, 9.17) is 0 Å². The molecule has 27 heavy (non-hydrogen) atoms. The Morgan fingerprint density at radius 3 is 1.63 bits per heavy atom. The predicted molar refractivity (Wildman–Crippen MR) is 109 cm³/mol. The summed E-state index contributed by atoms with van der Waals surface area (Å²) in [6.45, 7) is 4.13. The number of carbonyl (C=O) groups is 2. The largest absolute Gasteiger partial charge is 0.395 e. The lowest BCUT2D eigenvalue weighted by Crippen LogP contribution is -2.06. The molecule has 2 aromatic rings. The van der Waals surface area contributed by atoms with Crippen LogP contribution in [-0.4, -0.2) is 23.3 Å². The van der Waals surface area contributed by atoms with Crippen molar-refractivity contribution in [1.29, 1.82) is 0 Å². The van der Waals surface area contributed by atoms with Crippen molar-refractivity contribution in [2.45, 2.75) is 58.3 Å². The molecule has 2 aromatic carbocycles. The van der Waals surface area contributed by atoms with Crippen molar-refractivity contribution in [3.8, 4) is 11.1 Å². The van der Waals surface area contributed by atoms with Gasteiger partial charge in [-0.25, -0.2) is 0 Å². The van der Waals surface area contributed by atoms with Gasteiger partial charge in [-0.05, 0) is 47.2 Å². The third-order valence-electron chi connectivity index (χ3n) is 5.49. The molecule has 0 amide bonds. The standard InChI is InChI=1S/C24H28O3/c1-3-5-7-23(26)16-9-11-18-19-12-10-17(24(27)8-6-4-2)14-21(19)22(15-25)20(18)13-16/h9-14,22,25H,3-8,15H2,1-2H3. The van der Waals surface area contributed by atoms with Crippen molar-refractivity contribution in [3.63, 3.8) is 0 Å². The maximum Gasteiger partial charge on any atom is 0.162 e. The molecule has 0 saturated heterocycles. The van der Waals surface area contributed by atoms with E-state index >= 15 is 0 Å². The van der Waals surface area contributed by atoms with E-state index in [1.165, 1.54) is 0 Å². The number of aliphatic hydroxyl groups excluding tert-OH is 1. The van der Waals surface area contributed by atoms with E-state index in [1.54, 1.807) is 0 Å². The van der Waals surface area contributed by atoms with Gasteiger partial charge in [-0.1, -0.05) is 51.0 Å². The highest BCUT2D eigenvalue weighted by molar-refractivity contribution is 5.99. The van der Waals surface area contributed by atoms with E-state index in [-0.39, 0.29) is 24.1 Å². The number of unbranched alkanes of at least 4 members (excludes halogenated alkanes) is 2. The second-order valence-electron chi connectivity index (χ2n) is 7.39. The summed E-state index contributed by atoms with van der Waals surface area (Å²) < 4.78 is 0. The fraction of sp³-hybridized carbons (Fsp3) is 0.417. The highest BCUT2D eigenvalue weighted by atomic mass is 16.3. The predicted octanol–water partition coefficient (Wildman–Crippen LogP) is 5.54. The maximum atomic E-state index is 12.4. The Labute approximate surface area is 161 Å². The highest BCUT2D eigenvalue weighted by Gasteiger charge is 2.29. The molecule has 0 aliphatic heterocycles. The minimum atomic E-state index is -0.173. The van der Waals surface area contributed by atoms with Crippen molar-refractivity contribution in [2.75, 3.05) is 6.61 Å². The summed E-state index contributed by atoms with van der Waals surface area (Å²) in [7, 11) is 0. The summed E-state index contributed by atoms with van der Waals surface area (Å²) in [6, 6.07) is 11.6. The van der Waals surface area contributed by atoms with E-state index in [1.807, 2.05) is 36.4 Å². The Kier molecular flexibility index (Phi) is 6.22. The number of carbonyl (C=O) groups excluding carboxylic acids is 2. The number of benzene rings is 2. The van der Waals surface area contributed by atoms with Crippen molar-refractivity contribution in [2.24, 2.45) is 0 Å². The average Bonchev–Trinajstić information content (AvgIpc) is 3.02. The average molecular weight is 364 g/mol. The Morgan fingerprint density at radius 1 is 0.815 bits per heavy atom. The minimum absolute atomic E-state index is 0.0286. The van der Waals surface area contributed by atoms with Gasteiger partial charge in [0.25, 0.3) is 0 Å². The zero-order valence-electron chi connectivity index (χ0n) is 16.3. The molecule has 3 heteroatoms. The van der Waals surface area contributed by atoms with Gasteiger partial charge in [-0.15, -0.1) is 0 Å². The molecule has 0 aromatic heterocycles. The lowest BCUT2D eigenvalue weighted by atomic mass is 9.93. The van der Waals surface area contributed by atoms with Crippen LogP contribution in [0.4, 0.5) is 0 Å². The molecule has 3 rings (SSSR count). The van der Waals surface area contributed by atoms with E-state index in [0.29, 0.717) is 24.0 Å². The Morgan fingerprint density at radius 2 is 1.26 bits per heavy atom. The topological polar surface area (TPSA) is 54.4 Å². The summed E-state index contributed by atoms with van der Waals surface area (Å²) in [6.07, 6.45) is 4.89. The molecule has 0 spiro atoms. The van der Waals surface area contributed by atoms with Crippen LogP contribution in [0, 0.1) is 0 Å². The number of hydrogen-bond donors (Lipinski definition) is 1. The molecule has 142 valence electrons. The number of ketones is 2. The Bertz CT molecular complexity index is 781. The molecule has 0 heterocycles. The van der Waals surface area contributed by atoms with Crippen LogP contribution >= 0.6 is 0 Å².